The smallest absolute Gasteiger partial charge is 0.251 e. The third kappa shape index (κ3) is 88.7. The normalized spacial score (nSPS) is 19.9. The van der Waals surface area contributed by atoms with E-state index in [9.17, 15) is 26.3 Å². The number of rotatable bonds is 28. The van der Waals surface area contributed by atoms with Crippen molar-refractivity contribution >= 4 is 11.8 Å². The highest BCUT2D eigenvalue weighted by Crippen LogP contribution is 2.53. The summed E-state index contributed by atoms with van der Waals surface area (Å²) in [5.41, 5.74) is -0.116. The van der Waals surface area contributed by atoms with Gasteiger partial charge in [0.1, 0.15) is 11.3 Å². The second-order valence-corrected chi connectivity index (χ2v) is 44.9. The van der Waals surface area contributed by atoms with Gasteiger partial charge < -0.3 is 4.74 Å². The van der Waals surface area contributed by atoms with Crippen LogP contribution in [-0.4, -0.2) is 47.9 Å². The molecule has 2 saturated heterocycles. The van der Waals surface area contributed by atoms with E-state index in [1.165, 1.54) is 172 Å². The summed E-state index contributed by atoms with van der Waals surface area (Å²) in [7, 11) is 0. The molecule has 0 amide bonds. The van der Waals surface area contributed by atoms with Gasteiger partial charge in [0.15, 0.2) is 0 Å². The molecular formula is C113H246F6OS. The van der Waals surface area contributed by atoms with Gasteiger partial charge in [-0.3, -0.25) is 0 Å². The van der Waals surface area contributed by atoms with Gasteiger partial charge in [0.05, 0.1) is 13.2 Å². The standard InChI is InChI=1S/C10H20.C9H18.C9H16.C8H14F2.C8H15F.2C8H16.C7H12F2.C7H13F.C7H14O.C7H14S.C7H16.C6H14.12CH4/c1-8(2)10(3,4)9-6-5-7-9;1-8(2)6-7-9-4-3-5-9;1-8(2)7-9-5-3-4-6-9;1-6(2)3-7-4-8(9,10)5-7;1-7(2)6-8(9)4-3-5-8;1-7(2)6-8(3)4-5-8;1-7(2)6-8-4-3-5-8;1-5(2)3-6-4-7(6,8)9;1-6(2)5-7(8)3-4-7;2*1-6(2)3-7-4-8-5-7;1-4-5-6-7(2)3;1-4-5-6(2)3;;;;;;;;;;;;/h8-9H,5-7H2,1-4H3;8-9H,3-7H2,1-2H3;3,5,8-9H,4,6-7H2,1-2H3;6-7H,3-5H2,1-2H3;7H,3-6H2,1-2H3;7H,4-6H2,1-3H3;7-8H,3-6H2,1-2H3;5-6H,3-4H2,1-2H3;6H,3-5H2,1-2H3;2*6-7H,3-5H2,1-2H3;7H,4-6H2,1-3H3;6H,4-5H2,1-3H3;12*1H4. The first kappa shape index (κ1) is 152. The molecule has 0 aromatic heterocycles. The molecule has 10 fully saturated rings. The number of thioether (sulfide) groups is 1. The molecule has 2 aliphatic heterocycles. The number of hydrogen-bond acceptors (Lipinski definition) is 2. The Labute approximate surface area is 774 Å². The average molecular weight is 1770 g/mol. The fraction of sp³-hybridized carbons (Fsp3) is 0.982. The van der Waals surface area contributed by atoms with Gasteiger partial charge in [0.2, 0.25) is 5.92 Å². The number of hydrogen-bond donors (Lipinski definition) is 0. The highest BCUT2D eigenvalue weighted by atomic mass is 32.2. The Kier molecular flexibility index (Phi) is 102. The Hall–Kier alpha value is -0.370. The van der Waals surface area contributed by atoms with Crippen LogP contribution in [0.5, 0.6) is 0 Å². The van der Waals surface area contributed by atoms with Gasteiger partial charge in [0.25, 0.3) is 5.92 Å². The predicted molar refractivity (Wildman–Crippen MR) is 561 cm³/mol. The summed E-state index contributed by atoms with van der Waals surface area (Å²) in [6.45, 7) is 71.5. The van der Waals surface area contributed by atoms with Gasteiger partial charge in [-0.15, -0.1) is 0 Å². The summed E-state index contributed by atoms with van der Waals surface area (Å²) in [4.78, 5) is 0. The fourth-order valence-corrected chi connectivity index (χ4v) is 16.8. The second-order valence-electron chi connectivity index (χ2n) is 43.8. The molecule has 0 N–H and O–H groups in total. The maximum Gasteiger partial charge on any atom is 0.251 e. The molecule has 0 aromatic rings. The molecule has 9 aliphatic carbocycles. The van der Waals surface area contributed by atoms with Crippen LogP contribution in [0.2, 0.25) is 0 Å². The number of halogens is 6. The molecule has 0 bridgehead atoms. The first-order chi connectivity index (χ1) is 50.4. The van der Waals surface area contributed by atoms with E-state index in [1.54, 1.807) is 0 Å². The van der Waals surface area contributed by atoms with E-state index in [2.05, 4.69) is 225 Å². The minimum absolute atomic E-state index is 0. The number of ether oxygens (including phenoxy) is 1. The van der Waals surface area contributed by atoms with E-state index in [1.807, 2.05) is 13.8 Å². The van der Waals surface area contributed by atoms with Crippen LogP contribution in [0.15, 0.2) is 12.2 Å². The highest BCUT2D eigenvalue weighted by molar-refractivity contribution is 8.00. The molecule has 0 spiro atoms. The Morgan fingerprint density at radius 2 is 0.744 bits per heavy atom. The van der Waals surface area contributed by atoms with Crippen molar-refractivity contribution in [2.75, 3.05) is 24.7 Å². The maximum atomic E-state index is 13.2. The largest absolute Gasteiger partial charge is 0.381 e. The van der Waals surface area contributed by atoms with E-state index in [-0.39, 0.29) is 114 Å². The van der Waals surface area contributed by atoms with Gasteiger partial charge in [-0.2, -0.15) is 11.8 Å². The Balaban J connectivity index is -0.0000000849. The van der Waals surface area contributed by atoms with Crippen molar-refractivity contribution in [1.29, 1.82) is 0 Å². The molecule has 0 aromatic carbocycles. The quantitative estimate of drug-likeness (QED) is 0.0570. The van der Waals surface area contributed by atoms with Crippen molar-refractivity contribution in [3.05, 3.63) is 12.2 Å². The lowest BCUT2D eigenvalue weighted by atomic mass is 9.62. The lowest BCUT2D eigenvalue weighted by molar-refractivity contribution is -0.114. The number of unbranched alkanes of at least 4 members (excludes halogenated alkanes) is 1. The lowest BCUT2D eigenvalue weighted by Gasteiger charge is -2.43. The number of alkyl halides is 6. The van der Waals surface area contributed by atoms with E-state index in [4.69, 9.17) is 4.74 Å². The molecule has 121 heavy (non-hydrogen) atoms. The number of allylic oxidation sites excluding steroid dienone is 2. The first-order valence-electron chi connectivity index (χ1n) is 47.4. The second kappa shape index (κ2) is 81.6. The third-order valence-electron chi connectivity index (χ3n) is 24.2. The van der Waals surface area contributed by atoms with Crippen LogP contribution in [0, 0.1) is 135 Å². The molecule has 1 nitrogen and oxygen atoms in total. The molecule has 11 aliphatic rings. The van der Waals surface area contributed by atoms with Crippen LogP contribution in [0.1, 0.15) is 541 Å². The summed E-state index contributed by atoms with van der Waals surface area (Å²) >= 11 is 2.09. The third-order valence-corrected chi connectivity index (χ3v) is 25.7. The fourth-order valence-electron chi connectivity index (χ4n) is 15.9. The summed E-state index contributed by atoms with van der Waals surface area (Å²) in [6, 6.07) is 0. The molecule has 2 atom stereocenters. The van der Waals surface area contributed by atoms with Crippen molar-refractivity contribution in [2.45, 2.75) is 565 Å². The minimum Gasteiger partial charge on any atom is -0.381 e. The Morgan fingerprint density at radius 1 is 0.372 bits per heavy atom. The zero-order valence-electron chi connectivity index (χ0n) is 79.4. The molecule has 2 unspecified atom stereocenters. The molecule has 0 radical (unpaired) electrons. The lowest BCUT2D eigenvalue weighted by Crippen LogP contribution is -2.35. The van der Waals surface area contributed by atoms with Gasteiger partial charge in [-0.1, -0.05) is 406 Å². The van der Waals surface area contributed by atoms with E-state index in [0.717, 1.165) is 159 Å². The van der Waals surface area contributed by atoms with Crippen LogP contribution in [0.4, 0.5) is 26.3 Å². The van der Waals surface area contributed by atoms with E-state index in [0.29, 0.717) is 41.4 Å². The van der Waals surface area contributed by atoms with Crippen molar-refractivity contribution in [2.24, 2.45) is 135 Å². The summed E-state index contributed by atoms with van der Waals surface area (Å²) < 4.78 is 79.7. The van der Waals surface area contributed by atoms with Gasteiger partial charge >= 0.3 is 0 Å². The van der Waals surface area contributed by atoms with Gasteiger partial charge in [-0.25, -0.2) is 26.3 Å². The Bertz CT molecular complexity index is 2010. The maximum absolute atomic E-state index is 13.2. The zero-order chi connectivity index (χ0) is 83.9. The first-order valence-corrected chi connectivity index (χ1v) is 48.5. The Morgan fingerprint density at radius 3 is 0.893 bits per heavy atom. The predicted octanol–water partition coefficient (Wildman–Crippen LogP) is 43.6. The van der Waals surface area contributed by atoms with Crippen molar-refractivity contribution in [1.82, 2.24) is 0 Å². The summed E-state index contributed by atoms with van der Waals surface area (Å²) in [5, 5.41) is 0. The minimum atomic E-state index is -2.32. The molecular weight excluding hydrogens is 1520 g/mol. The van der Waals surface area contributed by atoms with Crippen LogP contribution in [-0.2, 0) is 4.74 Å². The van der Waals surface area contributed by atoms with Gasteiger partial charge in [0, 0.05) is 31.1 Å². The zero-order valence-corrected chi connectivity index (χ0v) is 80.2. The van der Waals surface area contributed by atoms with E-state index < -0.39 is 23.2 Å². The summed E-state index contributed by atoms with van der Waals surface area (Å²) in [6.07, 6.45) is 48.7. The molecule has 752 valence electrons. The van der Waals surface area contributed by atoms with Crippen LogP contribution < -0.4 is 0 Å². The van der Waals surface area contributed by atoms with Crippen LogP contribution in [0.25, 0.3) is 0 Å². The molecule has 11 rings (SSSR count). The molecule has 8 saturated carbocycles. The SMILES string of the molecule is C.C.C.C.C.C.C.C.C.C.C.C.CC(C)C(C)(C)C1CCC1.CC(C)CC1(C)CC1.CC(C)CC1(F)CC1.CC(C)CC1(F)CCC1.CC(C)CC1C=CCC1.CC(C)CC1CC(F)(F)C1.CC(C)CC1CC1(F)F.CC(C)CC1CCC1.CC(C)CC1COC1.CC(C)CC1CSC1.CC(C)CCC1CCC1.CCCC(C)C.CCCCC(C)C. The highest BCUT2D eigenvalue weighted by Gasteiger charge is 2.56. The van der Waals surface area contributed by atoms with Crippen molar-refractivity contribution in [3.63, 3.8) is 0 Å². The van der Waals surface area contributed by atoms with E-state index >= 15 is 0 Å². The van der Waals surface area contributed by atoms with Crippen LogP contribution in [0.3, 0.4) is 0 Å². The molecule has 8 heteroatoms. The van der Waals surface area contributed by atoms with Crippen LogP contribution >= 0.6 is 11.8 Å². The molecule has 2 heterocycles. The van der Waals surface area contributed by atoms with Crippen molar-refractivity contribution < 1.29 is 31.1 Å². The van der Waals surface area contributed by atoms with Crippen molar-refractivity contribution in [3.8, 4) is 0 Å². The summed E-state index contributed by atoms with van der Waals surface area (Å²) in [5.74, 6) is 14.4. The van der Waals surface area contributed by atoms with Gasteiger partial charge in [-0.05, 0) is 263 Å². The topological polar surface area (TPSA) is 9.23 Å². The average Bonchev–Trinajstić information content (AvgIpc) is 1.62. The monoisotopic (exact) mass is 1770 g/mol.